The molecule has 2 aromatic carbocycles. The average Bonchev–Trinajstić information content (AvgIpc) is 3.51. The molecule has 0 radical (unpaired) electrons. The predicted molar refractivity (Wildman–Crippen MR) is 124 cm³/mol. The molecule has 0 fully saturated rings. The summed E-state index contributed by atoms with van der Waals surface area (Å²) in [5.41, 5.74) is 4.40. The van der Waals surface area contributed by atoms with E-state index in [1.807, 2.05) is 0 Å². The maximum absolute atomic E-state index is 13.5. The van der Waals surface area contributed by atoms with Crippen LogP contribution >= 0.6 is 11.6 Å². The maximum Gasteiger partial charge on any atom is 0.335 e. The molecule has 174 valence electrons. The number of aromatic nitrogens is 4. The van der Waals surface area contributed by atoms with Crippen molar-refractivity contribution in [3.8, 4) is 11.3 Å². The van der Waals surface area contributed by atoms with Crippen molar-refractivity contribution in [3.05, 3.63) is 76.8 Å². The summed E-state index contributed by atoms with van der Waals surface area (Å²) in [6.45, 7) is 0. The van der Waals surface area contributed by atoms with Crippen LogP contribution < -0.4 is 10.7 Å². The van der Waals surface area contributed by atoms with Gasteiger partial charge in [0.15, 0.2) is 11.6 Å². The third kappa shape index (κ3) is 4.77. The first-order valence-electron chi connectivity index (χ1n) is 9.91. The predicted octanol–water partition coefficient (Wildman–Crippen LogP) is 4.95. The lowest BCUT2D eigenvalue weighted by molar-refractivity contribution is 0.0697. The van der Waals surface area contributed by atoms with E-state index >= 15 is 0 Å². The molecule has 3 N–H and O–H groups in total. The Morgan fingerprint density at radius 3 is 2.49 bits per heavy atom. The molecule has 0 atom stereocenters. The molecule has 0 unspecified atom stereocenters. The van der Waals surface area contributed by atoms with Crippen LogP contribution in [0.3, 0.4) is 0 Å². The lowest BCUT2D eigenvalue weighted by atomic mass is 10.1. The van der Waals surface area contributed by atoms with Crippen molar-refractivity contribution >= 4 is 52.4 Å². The van der Waals surface area contributed by atoms with E-state index in [0.29, 0.717) is 22.8 Å². The molecule has 0 amide bonds. The third-order valence-electron chi connectivity index (χ3n) is 4.70. The maximum atomic E-state index is 13.5. The number of hydrazone groups is 1. The number of halogens is 2. The second-order valence-electron chi connectivity index (χ2n) is 7.04. The fourth-order valence-electron chi connectivity index (χ4n) is 3.03. The van der Waals surface area contributed by atoms with Crippen molar-refractivity contribution in [3.63, 3.8) is 0 Å². The number of carboxylic acid groups (broad SMARTS) is 1. The zero-order chi connectivity index (χ0) is 24.4. The Bertz CT molecular complexity index is 1570. The van der Waals surface area contributed by atoms with E-state index in [2.05, 4.69) is 40.8 Å². The van der Waals surface area contributed by atoms with Crippen LogP contribution in [0, 0.1) is 5.82 Å². The molecule has 35 heavy (non-hydrogen) atoms. The summed E-state index contributed by atoms with van der Waals surface area (Å²) in [6, 6.07) is 13.8. The highest BCUT2D eigenvalue weighted by atomic mass is 35.5. The smallest absolute Gasteiger partial charge is 0.335 e. The summed E-state index contributed by atoms with van der Waals surface area (Å²) in [7, 11) is 0. The minimum absolute atomic E-state index is 0.0640. The molecule has 0 saturated heterocycles. The number of carboxylic acids is 1. The van der Waals surface area contributed by atoms with E-state index in [1.54, 1.807) is 24.3 Å². The van der Waals surface area contributed by atoms with Crippen molar-refractivity contribution in [2.24, 2.45) is 5.10 Å². The van der Waals surface area contributed by atoms with Gasteiger partial charge in [-0.1, -0.05) is 23.7 Å². The van der Waals surface area contributed by atoms with Crippen molar-refractivity contribution in [1.29, 1.82) is 0 Å². The molecule has 13 heteroatoms. The Balaban J connectivity index is 1.35. The molecule has 11 nitrogen and oxygen atoms in total. The van der Waals surface area contributed by atoms with Crippen molar-refractivity contribution in [2.75, 3.05) is 10.7 Å². The number of carbonyl (C=O) groups is 1. The zero-order valence-electron chi connectivity index (χ0n) is 17.4. The number of hydrogen-bond acceptors (Lipinski definition) is 10. The van der Waals surface area contributed by atoms with E-state index in [1.165, 1.54) is 36.5 Å². The Morgan fingerprint density at radius 1 is 1.03 bits per heavy atom. The number of fused-ring (bicyclic) bond motifs is 1. The van der Waals surface area contributed by atoms with Gasteiger partial charge in [0.1, 0.15) is 17.3 Å². The molecule has 3 aromatic heterocycles. The second-order valence-corrected chi connectivity index (χ2v) is 7.45. The first-order valence-corrected chi connectivity index (χ1v) is 10.3. The van der Waals surface area contributed by atoms with Gasteiger partial charge in [-0.2, -0.15) is 10.1 Å². The minimum atomic E-state index is -1.01. The van der Waals surface area contributed by atoms with Crippen molar-refractivity contribution in [1.82, 2.24) is 20.3 Å². The van der Waals surface area contributed by atoms with Gasteiger partial charge in [-0.3, -0.25) is 5.43 Å². The van der Waals surface area contributed by atoms with Gasteiger partial charge in [0, 0.05) is 11.3 Å². The van der Waals surface area contributed by atoms with Crippen LogP contribution in [0.15, 0.2) is 68.7 Å². The molecular formula is C22H13ClFN7O4. The molecule has 5 rings (SSSR count). The van der Waals surface area contributed by atoms with Gasteiger partial charge in [0.25, 0.3) is 0 Å². The largest absolute Gasteiger partial charge is 0.478 e. The highest BCUT2D eigenvalue weighted by Gasteiger charge is 2.14. The molecule has 0 spiro atoms. The Kier molecular flexibility index (Phi) is 5.77. The lowest BCUT2D eigenvalue weighted by Gasteiger charge is -2.09. The van der Waals surface area contributed by atoms with Gasteiger partial charge in [-0.15, -0.1) is 0 Å². The second kappa shape index (κ2) is 9.19. The number of anilines is 3. The number of nitrogens with one attached hydrogen (secondary N) is 2. The van der Waals surface area contributed by atoms with Crippen molar-refractivity contribution < 1.29 is 23.3 Å². The van der Waals surface area contributed by atoms with Gasteiger partial charge >= 0.3 is 5.97 Å². The quantitative estimate of drug-likeness (QED) is 0.209. The van der Waals surface area contributed by atoms with Gasteiger partial charge in [-0.25, -0.2) is 18.8 Å². The van der Waals surface area contributed by atoms with Gasteiger partial charge in [-0.05, 0) is 52.8 Å². The molecule has 0 aliphatic heterocycles. The van der Waals surface area contributed by atoms with Crippen LogP contribution in [-0.4, -0.2) is 37.6 Å². The molecule has 0 aliphatic rings. The van der Waals surface area contributed by atoms with Crippen LogP contribution in [0.1, 0.15) is 16.1 Å². The SMILES string of the molecule is O=C(O)c1ccc(-c2ccc(C=NNc3nc4nonc4nc3Nc3ccc(F)c(Cl)c3)o2)cc1. The summed E-state index contributed by atoms with van der Waals surface area (Å²) in [6.07, 6.45) is 1.42. The van der Waals surface area contributed by atoms with Gasteiger partial charge < -0.3 is 14.8 Å². The number of furan rings is 1. The van der Waals surface area contributed by atoms with Crippen LogP contribution in [0.5, 0.6) is 0 Å². The fraction of sp³-hybridized carbons (Fsp3) is 0. The highest BCUT2D eigenvalue weighted by Crippen LogP contribution is 2.27. The van der Waals surface area contributed by atoms with E-state index in [9.17, 15) is 9.18 Å². The third-order valence-corrected chi connectivity index (χ3v) is 4.99. The summed E-state index contributed by atoms with van der Waals surface area (Å²) < 4.78 is 23.9. The lowest BCUT2D eigenvalue weighted by Crippen LogP contribution is -2.03. The summed E-state index contributed by atoms with van der Waals surface area (Å²) in [4.78, 5) is 19.6. The van der Waals surface area contributed by atoms with E-state index < -0.39 is 11.8 Å². The number of aromatic carboxylic acids is 1. The molecule has 0 saturated carbocycles. The number of hydrogen-bond donors (Lipinski definition) is 3. The standard InChI is InChI=1S/C22H13ClFN7O4/c23-15-9-13(5-7-16(15)24)26-18-19(28-21-20(27-18)30-35-31-21)29-25-10-14-6-8-17(34-14)11-1-3-12(4-2-11)22(32)33/h1-10H,(H,32,33)(H,26,27,30)(H,28,29,31). The summed E-state index contributed by atoms with van der Waals surface area (Å²) >= 11 is 5.85. The monoisotopic (exact) mass is 493 g/mol. The summed E-state index contributed by atoms with van der Waals surface area (Å²) in [5, 5.41) is 23.4. The Morgan fingerprint density at radius 2 is 1.77 bits per heavy atom. The van der Waals surface area contributed by atoms with Crippen LogP contribution in [0.2, 0.25) is 5.02 Å². The van der Waals surface area contributed by atoms with Crippen LogP contribution in [0.25, 0.3) is 22.6 Å². The van der Waals surface area contributed by atoms with Gasteiger partial charge in [0.05, 0.1) is 16.8 Å². The first kappa shape index (κ1) is 22.0. The highest BCUT2D eigenvalue weighted by molar-refractivity contribution is 6.31. The van der Waals surface area contributed by atoms with Crippen LogP contribution in [-0.2, 0) is 0 Å². The van der Waals surface area contributed by atoms with E-state index in [4.69, 9.17) is 21.1 Å². The minimum Gasteiger partial charge on any atom is -0.478 e. The number of rotatable bonds is 7. The fourth-order valence-corrected chi connectivity index (χ4v) is 3.21. The molecule has 0 bridgehead atoms. The molecule has 3 heterocycles. The summed E-state index contributed by atoms with van der Waals surface area (Å²) in [5.74, 6) is -0.208. The Hall–Kier alpha value is -4.84. The molecule has 0 aliphatic carbocycles. The number of benzene rings is 2. The van der Waals surface area contributed by atoms with E-state index in [-0.39, 0.29) is 33.5 Å². The topological polar surface area (TPSA) is 152 Å². The zero-order valence-corrected chi connectivity index (χ0v) is 18.2. The van der Waals surface area contributed by atoms with Crippen LogP contribution in [0.4, 0.5) is 21.7 Å². The average molecular weight is 494 g/mol. The first-order chi connectivity index (χ1) is 17.0. The molecular weight excluding hydrogens is 481 g/mol. The number of nitrogens with zero attached hydrogens (tertiary/aromatic N) is 5. The normalized spacial score (nSPS) is 11.3. The Labute approximate surface area is 200 Å². The van der Waals surface area contributed by atoms with E-state index in [0.717, 1.165) is 0 Å². The van der Waals surface area contributed by atoms with Gasteiger partial charge in [0.2, 0.25) is 11.3 Å². The van der Waals surface area contributed by atoms with Crippen molar-refractivity contribution in [2.45, 2.75) is 0 Å². The molecule has 5 aromatic rings.